The first kappa shape index (κ1) is 22.7. The minimum absolute atomic E-state index is 0.0289. The van der Waals surface area contributed by atoms with Crippen molar-refractivity contribution >= 4 is 23.5 Å². The number of benzene rings is 2. The van der Waals surface area contributed by atoms with E-state index in [-0.39, 0.29) is 11.6 Å². The van der Waals surface area contributed by atoms with Gasteiger partial charge >= 0.3 is 0 Å². The van der Waals surface area contributed by atoms with Crippen LogP contribution in [0.2, 0.25) is 0 Å². The molecule has 35 heavy (non-hydrogen) atoms. The van der Waals surface area contributed by atoms with Crippen LogP contribution in [0.1, 0.15) is 36.1 Å². The second kappa shape index (κ2) is 10.0. The summed E-state index contributed by atoms with van der Waals surface area (Å²) in [5, 5.41) is 10.8. The van der Waals surface area contributed by atoms with Crippen LogP contribution in [0.3, 0.4) is 0 Å². The van der Waals surface area contributed by atoms with Crippen molar-refractivity contribution in [2.75, 3.05) is 24.5 Å². The molecule has 1 aromatic heterocycles. The van der Waals surface area contributed by atoms with Crippen LogP contribution in [0.5, 0.6) is 0 Å². The maximum atomic E-state index is 13.0. The molecule has 178 valence electrons. The van der Waals surface area contributed by atoms with E-state index in [0.717, 1.165) is 60.0 Å². The third kappa shape index (κ3) is 5.06. The van der Waals surface area contributed by atoms with Gasteiger partial charge in [0.25, 0.3) is 5.69 Å². The Morgan fingerprint density at radius 2 is 1.69 bits per heavy atom. The Morgan fingerprint density at radius 1 is 0.943 bits per heavy atom. The van der Waals surface area contributed by atoms with Crippen molar-refractivity contribution in [3.8, 4) is 11.4 Å². The lowest BCUT2D eigenvalue weighted by Gasteiger charge is -2.34. The van der Waals surface area contributed by atoms with Crippen LogP contribution in [0.25, 0.3) is 17.5 Å². The summed E-state index contributed by atoms with van der Waals surface area (Å²) < 4.78 is 0. The molecular formula is C27H27N5O3. The van der Waals surface area contributed by atoms with E-state index >= 15 is 0 Å². The highest BCUT2D eigenvalue weighted by Gasteiger charge is 2.27. The molecule has 8 nitrogen and oxygen atoms in total. The average Bonchev–Trinajstić information content (AvgIpc) is 2.92. The monoisotopic (exact) mass is 469 g/mol. The quantitative estimate of drug-likeness (QED) is 0.307. The minimum atomic E-state index is -0.435. The number of carbonyl (C=O) groups excluding carboxylic acids is 1. The molecule has 0 atom stereocenters. The van der Waals surface area contributed by atoms with E-state index in [0.29, 0.717) is 19.5 Å². The summed E-state index contributed by atoms with van der Waals surface area (Å²) in [7, 11) is 0. The summed E-state index contributed by atoms with van der Waals surface area (Å²) in [5.41, 5.74) is 3.82. The number of nitro groups is 1. The molecule has 0 bridgehead atoms. The van der Waals surface area contributed by atoms with E-state index in [1.165, 1.54) is 24.6 Å². The molecule has 0 saturated carbocycles. The Bertz CT molecular complexity index is 1250. The Morgan fingerprint density at radius 3 is 2.40 bits per heavy atom. The van der Waals surface area contributed by atoms with E-state index < -0.39 is 4.92 Å². The van der Waals surface area contributed by atoms with Gasteiger partial charge in [-0.1, -0.05) is 30.3 Å². The number of piperidine rings is 1. The normalized spacial score (nSPS) is 15.8. The number of aromatic nitrogens is 2. The third-order valence-electron chi connectivity index (χ3n) is 6.56. The summed E-state index contributed by atoms with van der Waals surface area (Å²) in [4.78, 5) is 37.5. The fourth-order valence-corrected chi connectivity index (χ4v) is 4.65. The van der Waals surface area contributed by atoms with Gasteiger partial charge in [0.2, 0.25) is 5.91 Å². The highest BCUT2D eigenvalue weighted by molar-refractivity contribution is 5.92. The number of nitrogens with zero attached hydrogens (tertiary/aromatic N) is 5. The molecule has 8 heteroatoms. The minimum Gasteiger partial charge on any atom is -0.356 e. The maximum Gasteiger partial charge on any atom is 0.269 e. The van der Waals surface area contributed by atoms with Gasteiger partial charge in [-0.15, -0.1) is 0 Å². The predicted molar refractivity (Wildman–Crippen MR) is 135 cm³/mol. The zero-order valence-electron chi connectivity index (χ0n) is 19.5. The first-order valence-electron chi connectivity index (χ1n) is 12.0. The Kier molecular flexibility index (Phi) is 6.52. The molecule has 0 N–H and O–H groups in total. The molecule has 0 aliphatic carbocycles. The molecule has 3 aromatic rings. The van der Waals surface area contributed by atoms with Crippen molar-refractivity contribution in [3.05, 3.63) is 87.6 Å². The van der Waals surface area contributed by atoms with E-state index in [1.54, 1.807) is 18.2 Å². The van der Waals surface area contributed by atoms with Gasteiger partial charge in [-0.3, -0.25) is 14.9 Å². The van der Waals surface area contributed by atoms with Crippen LogP contribution in [0.4, 0.5) is 11.5 Å². The number of hydrogen-bond acceptors (Lipinski definition) is 6. The number of anilines is 1. The van der Waals surface area contributed by atoms with E-state index in [2.05, 4.69) is 4.90 Å². The van der Waals surface area contributed by atoms with Crippen LogP contribution in [0.15, 0.2) is 60.7 Å². The van der Waals surface area contributed by atoms with Crippen LogP contribution in [0, 0.1) is 10.1 Å². The molecule has 3 heterocycles. The molecule has 0 radical (unpaired) electrons. The highest BCUT2D eigenvalue weighted by Crippen LogP contribution is 2.31. The lowest BCUT2D eigenvalue weighted by molar-refractivity contribution is -0.384. The van der Waals surface area contributed by atoms with Gasteiger partial charge in [0.15, 0.2) is 5.82 Å². The smallest absolute Gasteiger partial charge is 0.269 e. The Balaban J connectivity index is 1.40. The highest BCUT2D eigenvalue weighted by atomic mass is 16.6. The van der Waals surface area contributed by atoms with Crippen molar-refractivity contribution < 1.29 is 9.72 Å². The molecule has 2 aromatic carbocycles. The second-order valence-electron chi connectivity index (χ2n) is 8.90. The molecule has 2 aliphatic heterocycles. The van der Waals surface area contributed by atoms with Crippen molar-refractivity contribution in [2.45, 2.75) is 32.2 Å². The van der Waals surface area contributed by atoms with E-state index in [1.807, 2.05) is 35.2 Å². The molecule has 0 unspecified atom stereocenters. The SMILES string of the molecule is O=C(/C=C/c1ccc([N+](=O)[O-])cc1)N1CCc2nc(-c3ccccc3)nc(N3CCCCC3)c2C1. The topological polar surface area (TPSA) is 92.5 Å². The van der Waals surface area contributed by atoms with Crippen LogP contribution in [-0.2, 0) is 17.8 Å². The summed E-state index contributed by atoms with van der Waals surface area (Å²) in [6.07, 6.45) is 7.41. The number of carbonyl (C=O) groups is 1. The van der Waals surface area contributed by atoms with Crippen molar-refractivity contribution in [2.24, 2.45) is 0 Å². The second-order valence-corrected chi connectivity index (χ2v) is 8.90. The average molecular weight is 470 g/mol. The molecule has 2 aliphatic rings. The Hall–Kier alpha value is -4.07. The summed E-state index contributed by atoms with van der Waals surface area (Å²) >= 11 is 0. The number of rotatable bonds is 5. The fraction of sp³-hybridized carbons (Fsp3) is 0.296. The zero-order valence-corrected chi connectivity index (χ0v) is 19.5. The summed E-state index contributed by atoms with van der Waals surface area (Å²) in [6.45, 7) is 2.98. The molecule has 5 rings (SSSR count). The van der Waals surface area contributed by atoms with E-state index in [4.69, 9.17) is 9.97 Å². The molecule has 1 fully saturated rings. The number of fused-ring (bicyclic) bond motifs is 1. The number of amides is 1. The number of nitro benzene ring substituents is 1. The van der Waals surface area contributed by atoms with Gasteiger partial charge in [0.1, 0.15) is 5.82 Å². The van der Waals surface area contributed by atoms with Gasteiger partial charge in [-0.2, -0.15) is 0 Å². The van der Waals surface area contributed by atoms with Crippen molar-refractivity contribution in [1.82, 2.24) is 14.9 Å². The van der Waals surface area contributed by atoms with Crippen molar-refractivity contribution in [3.63, 3.8) is 0 Å². The number of hydrogen-bond donors (Lipinski definition) is 0. The Labute approximate surface area is 204 Å². The largest absolute Gasteiger partial charge is 0.356 e. The molecule has 1 saturated heterocycles. The lowest BCUT2D eigenvalue weighted by Crippen LogP contribution is -2.38. The fourth-order valence-electron chi connectivity index (χ4n) is 4.65. The number of non-ortho nitro benzene ring substituents is 1. The standard InChI is InChI=1S/C27H27N5O3/c33-25(14-11-20-9-12-22(13-10-20)32(34)35)31-18-15-24-23(19-31)27(30-16-5-2-6-17-30)29-26(28-24)21-7-3-1-4-8-21/h1,3-4,7-14H,2,5-6,15-19H2/b14-11+. The van der Waals surface area contributed by atoms with Crippen molar-refractivity contribution in [1.29, 1.82) is 0 Å². The first-order valence-corrected chi connectivity index (χ1v) is 12.0. The van der Waals surface area contributed by atoms with Crippen LogP contribution in [-0.4, -0.2) is 45.3 Å². The maximum absolute atomic E-state index is 13.0. The lowest BCUT2D eigenvalue weighted by atomic mass is 10.0. The van der Waals surface area contributed by atoms with Gasteiger partial charge in [0, 0.05) is 55.4 Å². The molecule has 0 spiro atoms. The zero-order chi connectivity index (χ0) is 24.2. The van der Waals surface area contributed by atoms with Crippen LogP contribution >= 0.6 is 0 Å². The van der Waals surface area contributed by atoms with Gasteiger partial charge in [-0.05, 0) is 43.0 Å². The van der Waals surface area contributed by atoms with Gasteiger partial charge in [-0.25, -0.2) is 9.97 Å². The first-order chi connectivity index (χ1) is 17.1. The molecular weight excluding hydrogens is 442 g/mol. The van der Waals surface area contributed by atoms with Crippen LogP contribution < -0.4 is 4.90 Å². The summed E-state index contributed by atoms with van der Waals surface area (Å²) in [5.74, 6) is 1.60. The predicted octanol–water partition coefficient (Wildman–Crippen LogP) is 4.64. The van der Waals surface area contributed by atoms with Gasteiger partial charge in [0.05, 0.1) is 17.2 Å². The van der Waals surface area contributed by atoms with Gasteiger partial charge < -0.3 is 9.80 Å². The third-order valence-corrected chi connectivity index (χ3v) is 6.56. The molecule has 1 amide bonds. The van der Waals surface area contributed by atoms with E-state index in [9.17, 15) is 14.9 Å². The summed E-state index contributed by atoms with van der Waals surface area (Å²) in [6, 6.07) is 16.2.